The Kier molecular flexibility index (Phi) is 4.20. The van der Waals surface area contributed by atoms with Crippen LogP contribution in [0.5, 0.6) is 5.75 Å². The van der Waals surface area contributed by atoms with Gasteiger partial charge in [-0.15, -0.1) is 0 Å². The quantitative estimate of drug-likeness (QED) is 0.885. The summed E-state index contributed by atoms with van der Waals surface area (Å²) < 4.78 is 5.52. The average Bonchev–Trinajstić information content (AvgIpc) is 2.40. The standard InChI is InChI=1S/C14H20N2O2/c1-2-10-18-12-7-5-11(6-8-12)16-9-3-4-13(15)14(16)17/h5-8,13H,2-4,9-10,15H2,1H3. The number of amides is 1. The van der Waals surface area contributed by atoms with Crippen LogP contribution in [0, 0.1) is 0 Å². The van der Waals surface area contributed by atoms with Crippen LogP contribution in [0.2, 0.25) is 0 Å². The van der Waals surface area contributed by atoms with Gasteiger partial charge in [0.25, 0.3) is 0 Å². The highest BCUT2D eigenvalue weighted by molar-refractivity contribution is 5.97. The molecular weight excluding hydrogens is 228 g/mol. The van der Waals surface area contributed by atoms with Crippen molar-refractivity contribution in [3.05, 3.63) is 24.3 Å². The number of nitrogens with two attached hydrogens (primary N) is 1. The molecule has 0 radical (unpaired) electrons. The maximum absolute atomic E-state index is 12.0. The first-order valence-electron chi connectivity index (χ1n) is 6.52. The van der Waals surface area contributed by atoms with Crippen molar-refractivity contribution < 1.29 is 9.53 Å². The molecule has 1 amide bonds. The summed E-state index contributed by atoms with van der Waals surface area (Å²) in [6.45, 7) is 3.54. The monoisotopic (exact) mass is 248 g/mol. The van der Waals surface area contributed by atoms with Crippen molar-refractivity contribution in [3.63, 3.8) is 0 Å². The third-order valence-corrected chi connectivity index (χ3v) is 3.10. The van der Waals surface area contributed by atoms with Crippen molar-refractivity contribution >= 4 is 11.6 Å². The summed E-state index contributed by atoms with van der Waals surface area (Å²) in [6, 6.07) is 7.29. The molecule has 1 heterocycles. The van der Waals surface area contributed by atoms with Gasteiger partial charge in [0.15, 0.2) is 0 Å². The molecule has 2 N–H and O–H groups in total. The summed E-state index contributed by atoms with van der Waals surface area (Å²) in [7, 11) is 0. The van der Waals surface area contributed by atoms with E-state index >= 15 is 0 Å². The topological polar surface area (TPSA) is 55.6 Å². The highest BCUT2D eigenvalue weighted by Crippen LogP contribution is 2.23. The Labute approximate surface area is 108 Å². The van der Waals surface area contributed by atoms with Crippen LogP contribution in [0.4, 0.5) is 5.69 Å². The predicted molar refractivity (Wildman–Crippen MR) is 71.8 cm³/mol. The lowest BCUT2D eigenvalue weighted by molar-refractivity contribution is -0.120. The van der Waals surface area contributed by atoms with Crippen molar-refractivity contribution in [2.75, 3.05) is 18.1 Å². The van der Waals surface area contributed by atoms with E-state index in [1.54, 1.807) is 4.90 Å². The molecule has 2 rings (SSSR count). The fraction of sp³-hybridized carbons (Fsp3) is 0.500. The average molecular weight is 248 g/mol. The molecular formula is C14H20N2O2. The van der Waals surface area contributed by atoms with E-state index in [0.717, 1.165) is 37.2 Å². The number of hydrogen-bond donors (Lipinski definition) is 1. The van der Waals surface area contributed by atoms with Crippen LogP contribution in [0.15, 0.2) is 24.3 Å². The van der Waals surface area contributed by atoms with Crippen molar-refractivity contribution in [1.82, 2.24) is 0 Å². The van der Waals surface area contributed by atoms with Gasteiger partial charge in [-0.3, -0.25) is 4.79 Å². The number of carbonyl (C=O) groups is 1. The van der Waals surface area contributed by atoms with E-state index in [9.17, 15) is 4.79 Å². The number of rotatable bonds is 4. The van der Waals surface area contributed by atoms with Crippen molar-refractivity contribution in [1.29, 1.82) is 0 Å². The van der Waals surface area contributed by atoms with Gasteiger partial charge >= 0.3 is 0 Å². The molecule has 98 valence electrons. The van der Waals surface area contributed by atoms with Crippen LogP contribution in [-0.2, 0) is 4.79 Å². The highest BCUT2D eigenvalue weighted by Gasteiger charge is 2.26. The molecule has 0 aromatic heterocycles. The summed E-state index contributed by atoms with van der Waals surface area (Å²) in [5.74, 6) is 0.859. The summed E-state index contributed by atoms with van der Waals surface area (Å²) in [5.41, 5.74) is 6.69. The number of carbonyl (C=O) groups excluding carboxylic acids is 1. The van der Waals surface area contributed by atoms with E-state index in [1.807, 2.05) is 24.3 Å². The summed E-state index contributed by atoms with van der Waals surface area (Å²) in [5, 5.41) is 0. The predicted octanol–water partition coefficient (Wildman–Crippen LogP) is 1.93. The van der Waals surface area contributed by atoms with Gasteiger partial charge in [0.05, 0.1) is 12.6 Å². The van der Waals surface area contributed by atoms with Gasteiger partial charge in [0.1, 0.15) is 5.75 Å². The van der Waals surface area contributed by atoms with Gasteiger partial charge < -0.3 is 15.4 Å². The Hall–Kier alpha value is -1.55. The molecule has 18 heavy (non-hydrogen) atoms. The van der Waals surface area contributed by atoms with Crippen LogP contribution >= 0.6 is 0 Å². The molecule has 0 spiro atoms. The van der Waals surface area contributed by atoms with Gasteiger partial charge in [-0.2, -0.15) is 0 Å². The number of nitrogens with zero attached hydrogens (tertiary/aromatic N) is 1. The molecule has 1 atom stereocenters. The van der Waals surface area contributed by atoms with E-state index < -0.39 is 0 Å². The Morgan fingerprint density at radius 3 is 2.78 bits per heavy atom. The van der Waals surface area contributed by atoms with Gasteiger partial charge in [-0.25, -0.2) is 0 Å². The molecule has 1 aliphatic rings. The lowest BCUT2D eigenvalue weighted by atomic mass is 10.0. The van der Waals surface area contributed by atoms with E-state index in [2.05, 4.69) is 6.92 Å². The van der Waals surface area contributed by atoms with Crippen molar-refractivity contribution in [2.24, 2.45) is 5.73 Å². The first-order chi connectivity index (χ1) is 8.72. The molecule has 1 aliphatic heterocycles. The lowest BCUT2D eigenvalue weighted by Gasteiger charge is -2.30. The number of ether oxygens (including phenoxy) is 1. The molecule has 1 saturated heterocycles. The van der Waals surface area contributed by atoms with Crippen LogP contribution in [0.1, 0.15) is 26.2 Å². The minimum atomic E-state index is -0.352. The second-order valence-corrected chi connectivity index (χ2v) is 4.58. The number of hydrogen-bond acceptors (Lipinski definition) is 3. The maximum atomic E-state index is 12.0. The number of benzene rings is 1. The minimum absolute atomic E-state index is 0.0171. The van der Waals surface area contributed by atoms with Crippen LogP contribution in [0.3, 0.4) is 0 Å². The Morgan fingerprint density at radius 2 is 2.11 bits per heavy atom. The highest BCUT2D eigenvalue weighted by atomic mass is 16.5. The zero-order valence-corrected chi connectivity index (χ0v) is 10.8. The summed E-state index contributed by atoms with van der Waals surface area (Å²) in [4.78, 5) is 13.7. The zero-order chi connectivity index (χ0) is 13.0. The smallest absolute Gasteiger partial charge is 0.243 e. The normalized spacial score (nSPS) is 20.0. The molecule has 4 heteroatoms. The van der Waals surface area contributed by atoms with Crippen molar-refractivity contribution in [2.45, 2.75) is 32.2 Å². The molecule has 1 aromatic rings. The molecule has 1 aromatic carbocycles. The van der Waals surface area contributed by atoms with Gasteiger partial charge in [0.2, 0.25) is 5.91 Å². The molecule has 4 nitrogen and oxygen atoms in total. The molecule has 0 aliphatic carbocycles. The third-order valence-electron chi connectivity index (χ3n) is 3.10. The van der Waals surface area contributed by atoms with E-state index in [0.29, 0.717) is 6.61 Å². The fourth-order valence-corrected chi connectivity index (χ4v) is 2.10. The van der Waals surface area contributed by atoms with E-state index in [1.165, 1.54) is 0 Å². The van der Waals surface area contributed by atoms with E-state index in [4.69, 9.17) is 10.5 Å². The van der Waals surface area contributed by atoms with Crippen LogP contribution < -0.4 is 15.4 Å². The second-order valence-electron chi connectivity index (χ2n) is 4.58. The molecule has 1 unspecified atom stereocenters. The lowest BCUT2D eigenvalue weighted by Crippen LogP contribution is -2.48. The Morgan fingerprint density at radius 1 is 1.39 bits per heavy atom. The zero-order valence-electron chi connectivity index (χ0n) is 10.8. The Bertz CT molecular complexity index is 403. The first-order valence-corrected chi connectivity index (χ1v) is 6.52. The summed E-state index contributed by atoms with van der Waals surface area (Å²) >= 11 is 0. The molecule has 0 bridgehead atoms. The third kappa shape index (κ3) is 2.82. The van der Waals surface area contributed by atoms with Crippen LogP contribution in [-0.4, -0.2) is 25.1 Å². The minimum Gasteiger partial charge on any atom is -0.494 e. The molecule has 0 saturated carbocycles. The molecule has 1 fully saturated rings. The SMILES string of the molecule is CCCOc1ccc(N2CCCC(N)C2=O)cc1. The maximum Gasteiger partial charge on any atom is 0.243 e. The number of anilines is 1. The van der Waals surface area contributed by atoms with Gasteiger partial charge in [-0.05, 0) is 43.5 Å². The van der Waals surface area contributed by atoms with Crippen molar-refractivity contribution in [3.8, 4) is 5.75 Å². The number of piperidine rings is 1. The van der Waals surface area contributed by atoms with Crippen LogP contribution in [0.25, 0.3) is 0 Å². The largest absolute Gasteiger partial charge is 0.494 e. The van der Waals surface area contributed by atoms with E-state index in [-0.39, 0.29) is 11.9 Å². The van der Waals surface area contributed by atoms with Gasteiger partial charge in [0, 0.05) is 12.2 Å². The summed E-state index contributed by atoms with van der Waals surface area (Å²) in [6.07, 6.45) is 2.73. The fourth-order valence-electron chi connectivity index (χ4n) is 2.10. The van der Waals surface area contributed by atoms with Gasteiger partial charge in [-0.1, -0.05) is 6.92 Å². The first kappa shape index (κ1) is 12.9. The second kappa shape index (κ2) is 5.87. The Balaban J connectivity index is 2.06.